The number of hydrogen-bond donors (Lipinski definition) is 0. The summed E-state index contributed by atoms with van der Waals surface area (Å²) in [6.07, 6.45) is 6.69. The van der Waals surface area contributed by atoms with Crippen molar-refractivity contribution in [2.75, 3.05) is 11.4 Å². The quantitative estimate of drug-likeness (QED) is 0.705. The summed E-state index contributed by atoms with van der Waals surface area (Å²) in [5, 5.41) is 0.642. The van der Waals surface area contributed by atoms with Crippen molar-refractivity contribution in [1.82, 2.24) is 4.98 Å². The maximum atomic E-state index is 13.3. The number of pyridine rings is 1. The maximum Gasteiger partial charge on any atom is 0.233 e. The van der Waals surface area contributed by atoms with Crippen LogP contribution in [0.5, 0.6) is 0 Å². The van der Waals surface area contributed by atoms with E-state index in [1.54, 1.807) is 12.3 Å². The first kappa shape index (κ1) is 18.2. The zero-order valence-corrected chi connectivity index (χ0v) is 16.0. The molecule has 0 radical (unpaired) electrons. The van der Waals surface area contributed by atoms with Crippen LogP contribution in [0.4, 0.5) is 5.69 Å². The van der Waals surface area contributed by atoms with E-state index in [0.717, 1.165) is 44.3 Å². The Morgan fingerprint density at radius 1 is 1.22 bits per heavy atom. The molecule has 1 aromatic heterocycles. The van der Waals surface area contributed by atoms with Gasteiger partial charge in [0, 0.05) is 29.9 Å². The standard InChI is InChI=1S/C22H23ClN2O2/c23-17-6-3-7-18(14-17)25-12-10-22(21(25)27)9-4-5-16(15-22)13-20(26)19-8-1-2-11-24-19/h1-3,6-8,11,14,16H,4-5,9-10,12-13,15H2/t16-,22+/m0/s1. The van der Waals surface area contributed by atoms with Gasteiger partial charge in [-0.25, -0.2) is 0 Å². The predicted octanol–water partition coefficient (Wildman–Crippen LogP) is 4.92. The molecule has 2 heterocycles. The number of aromatic nitrogens is 1. The molecule has 1 saturated carbocycles. The molecule has 2 aliphatic rings. The van der Waals surface area contributed by atoms with Crippen molar-refractivity contribution >= 4 is 29.0 Å². The highest BCUT2D eigenvalue weighted by Gasteiger charge is 2.49. The molecule has 1 aliphatic carbocycles. The second-order valence-electron chi connectivity index (χ2n) is 7.77. The van der Waals surface area contributed by atoms with Gasteiger partial charge in [0.1, 0.15) is 5.69 Å². The fourth-order valence-electron chi connectivity index (χ4n) is 4.69. The van der Waals surface area contributed by atoms with Crippen LogP contribution in [0.3, 0.4) is 0 Å². The number of amides is 1. The lowest BCUT2D eigenvalue weighted by Crippen LogP contribution is -2.38. The first-order valence-electron chi connectivity index (χ1n) is 9.59. The molecule has 1 saturated heterocycles. The molecular weight excluding hydrogens is 360 g/mol. The number of rotatable bonds is 4. The van der Waals surface area contributed by atoms with E-state index < -0.39 is 0 Å². The first-order chi connectivity index (χ1) is 13.1. The second kappa shape index (κ2) is 7.43. The van der Waals surface area contributed by atoms with Crippen LogP contribution < -0.4 is 4.90 Å². The highest BCUT2D eigenvalue weighted by molar-refractivity contribution is 6.31. The Hall–Kier alpha value is -2.20. The van der Waals surface area contributed by atoms with E-state index in [9.17, 15) is 9.59 Å². The van der Waals surface area contributed by atoms with Crippen molar-refractivity contribution in [2.24, 2.45) is 11.3 Å². The molecule has 1 aliphatic heterocycles. The number of benzene rings is 1. The minimum atomic E-state index is -0.324. The van der Waals surface area contributed by atoms with Crippen LogP contribution in [0.25, 0.3) is 0 Å². The van der Waals surface area contributed by atoms with Gasteiger partial charge >= 0.3 is 0 Å². The molecular formula is C22H23ClN2O2. The third kappa shape index (κ3) is 3.63. The largest absolute Gasteiger partial charge is 0.312 e. The van der Waals surface area contributed by atoms with Gasteiger partial charge in [-0.3, -0.25) is 14.6 Å². The van der Waals surface area contributed by atoms with Crippen LogP contribution in [0.2, 0.25) is 5.02 Å². The van der Waals surface area contributed by atoms with Crippen molar-refractivity contribution in [3.63, 3.8) is 0 Å². The average molecular weight is 383 g/mol. The zero-order chi connectivity index (χ0) is 18.9. The van der Waals surface area contributed by atoms with Gasteiger partial charge in [0.15, 0.2) is 5.78 Å². The van der Waals surface area contributed by atoms with Crippen molar-refractivity contribution in [2.45, 2.75) is 38.5 Å². The number of Topliss-reactive ketones (excluding diaryl/α,β-unsaturated/α-hetero) is 1. The van der Waals surface area contributed by atoms with Crippen LogP contribution in [-0.2, 0) is 4.79 Å². The number of carbonyl (C=O) groups is 2. The number of halogens is 1. The third-order valence-electron chi connectivity index (χ3n) is 6.00. The van der Waals surface area contributed by atoms with Crippen LogP contribution in [0.15, 0.2) is 48.7 Å². The van der Waals surface area contributed by atoms with Gasteiger partial charge in [-0.2, -0.15) is 0 Å². The monoisotopic (exact) mass is 382 g/mol. The number of ketones is 1. The van der Waals surface area contributed by atoms with Crippen molar-refractivity contribution in [3.8, 4) is 0 Å². The van der Waals surface area contributed by atoms with E-state index in [4.69, 9.17) is 11.6 Å². The lowest BCUT2D eigenvalue weighted by molar-refractivity contribution is -0.128. The molecule has 0 N–H and O–H groups in total. The molecule has 4 rings (SSSR count). The summed E-state index contributed by atoms with van der Waals surface area (Å²) in [7, 11) is 0. The van der Waals surface area contributed by atoms with E-state index in [2.05, 4.69) is 4.98 Å². The summed E-state index contributed by atoms with van der Waals surface area (Å²) < 4.78 is 0. The molecule has 1 spiro atoms. The average Bonchev–Trinajstić information content (AvgIpc) is 2.98. The van der Waals surface area contributed by atoms with Crippen LogP contribution in [0.1, 0.15) is 49.0 Å². The molecule has 2 fully saturated rings. The molecule has 27 heavy (non-hydrogen) atoms. The predicted molar refractivity (Wildman–Crippen MR) is 106 cm³/mol. The van der Waals surface area contributed by atoms with Crippen molar-refractivity contribution < 1.29 is 9.59 Å². The van der Waals surface area contributed by atoms with Crippen molar-refractivity contribution in [3.05, 3.63) is 59.4 Å². The Balaban J connectivity index is 1.47. The molecule has 2 aromatic rings. The van der Waals surface area contributed by atoms with Gasteiger partial charge in [-0.05, 0) is 61.9 Å². The first-order valence-corrected chi connectivity index (χ1v) is 9.97. The Morgan fingerprint density at radius 2 is 2.11 bits per heavy atom. The third-order valence-corrected chi connectivity index (χ3v) is 6.24. The second-order valence-corrected chi connectivity index (χ2v) is 8.21. The van der Waals surface area contributed by atoms with Crippen molar-refractivity contribution in [1.29, 1.82) is 0 Å². The van der Waals surface area contributed by atoms with E-state index >= 15 is 0 Å². The summed E-state index contributed by atoms with van der Waals surface area (Å²) in [6, 6.07) is 12.9. The van der Waals surface area contributed by atoms with E-state index in [1.807, 2.05) is 41.3 Å². The van der Waals surface area contributed by atoms with E-state index in [-0.39, 0.29) is 23.0 Å². The van der Waals surface area contributed by atoms with Gasteiger partial charge < -0.3 is 4.90 Å². The maximum absolute atomic E-state index is 13.3. The summed E-state index contributed by atoms with van der Waals surface area (Å²) >= 11 is 6.11. The lowest BCUT2D eigenvalue weighted by Gasteiger charge is -2.36. The Labute approximate surface area is 164 Å². The fraction of sp³-hybridized carbons (Fsp3) is 0.409. The number of carbonyl (C=O) groups excluding carboxylic acids is 2. The Bertz CT molecular complexity index is 854. The summed E-state index contributed by atoms with van der Waals surface area (Å²) in [6.45, 7) is 0.722. The van der Waals surface area contributed by atoms with Crippen LogP contribution >= 0.6 is 11.6 Å². The molecule has 5 heteroatoms. The molecule has 0 bridgehead atoms. The van der Waals surface area contributed by atoms with Crippen LogP contribution in [0, 0.1) is 11.3 Å². The van der Waals surface area contributed by atoms with E-state index in [0.29, 0.717) is 17.1 Å². The Morgan fingerprint density at radius 3 is 2.89 bits per heavy atom. The van der Waals surface area contributed by atoms with Gasteiger partial charge in [0.2, 0.25) is 5.91 Å². The topological polar surface area (TPSA) is 50.3 Å². The summed E-state index contributed by atoms with van der Waals surface area (Å²) in [5.74, 6) is 0.520. The minimum Gasteiger partial charge on any atom is -0.312 e. The molecule has 1 amide bonds. The summed E-state index contributed by atoms with van der Waals surface area (Å²) in [4.78, 5) is 31.9. The molecule has 0 unspecified atom stereocenters. The molecule has 2 atom stereocenters. The Kier molecular flexibility index (Phi) is 5.00. The lowest BCUT2D eigenvalue weighted by atomic mass is 9.67. The number of nitrogens with zero attached hydrogens (tertiary/aromatic N) is 2. The van der Waals surface area contributed by atoms with Gasteiger partial charge in [-0.15, -0.1) is 0 Å². The summed E-state index contributed by atoms with van der Waals surface area (Å²) in [5.41, 5.74) is 1.07. The highest BCUT2D eigenvalue weighted by Crippen LogP contribution is 2.48. The normalized spacial score (nSPS) is 25.1. The van der Waals surface area contributed by atoms with Gasteiger partial charge in [0.25, 0.3) is 0 Å². The molecule has 1 aromatic carbocycles. The SMILES string of the molecule is O=C(C[C@@H]1CCC[C@@]2(CCN(c3cccc(Cl)c3)C2=O)C1)c1ccccn1. The minimum absolute atomic E-state index is 0.0785. The van der Waals surface area contributed by atoms with E-state index in [1.165, 1.54) is 0 Å². The van der Waals surface area contributed by atoms with Gasteiger partial charge in [-0.1, -0.05) is 30.2 Å². The highest BCUT2D eigenvalue weighted by atomic mass is 35.5. The zero-order valence-electron chi connectivity index (χ0n) is 15.2. The number of hydrogen-bond acceptors (Lipinski definition) is 3. The van der Waals surface area contributed by atoms with Crippen LogP contribution in [-0.4, -0.2) is 23.2 Å². The number of anilines is 1. The van der Waals surface area contributed by atoms with Gasteiger partial charge in [0.05, 0.1) is 5.41 Å². The smallest absolute Gasteiger partial charge is 0.233 e. The molecule has 4 nitrogen and oxygen atoms in total. The molecule has 140 valence electrons. The fourth-order valence-corrected chi connectivity index (χ4v) is 4.87.